The van der Waals surface area contributed by atoms with Crippen LogP contribution in [0.5, 0.6) is 0 Å². The highest BCUT2D eigenvalue weighted by Gasteiger charge is 2.17. The molecule has 0 aliphatic rings. The van der Waals surface area contributed by atoms with Crippen LogP contribution in [0.3, 0.4) is 0 Å². The van der Waals surface area contributed by atoms with E-state index in [0.29, 0.717) is 6.42 Å². The number of carboxylic acid groups (broad SMARTS) is 1. The van der Waals surface area contributed by atoms with Crippen molar-refractivity contribution in [3.05, 3.63) is 29.6 Å². The minimum Gasteiger partial charge on any atom is -0.478 e. The SMILES string of the molecule is CCCCC(CC)C(=O)Nc1ccc(C(=O)O)cc1F. The number of hydrogen-bond acceptors (Lipinski definition) is 2. The lowest BCUT2D eigenvalue weighted by molar-refractivity contribution is -0.120. The summed E-state index contributed by atoms with van der Waals surface area (Å²) in [5, 5.41) is 11.3. The smallest absolute Gasteiger partial charge is 0.335 e. The monoisotopic (exact) mass is 281 g/mol. The maximum Gasteiger partial charge on any atom is 0.335 e. The highest BCUT2D eigenvalue weighted by Crippen LogP contribution is 2.19. The highest BCUT2D eigenvalue weighted by atomic mass is 19.1. The van der Waals surface area contributed by atoms with Crippen LogP contribution in [0.15, 0.2) is 18.2 Å². The molecule has 0 fully saturated rings. The average molecular weight is 281 g/mol. The van der Waals surface area contributed by atoms with E-state index < -0.39 is 11.8 Å². The number of nitrogens with one attached hydrogen (secondary N) is 1. The summed E-state index contributed by atoms with van der Waals surface area (Å²) < 4.78 is 13.7. The predicted octanol–water partition coefficient (Wildman–Crippen LogP) is 3.68. The first-order valence-electron chi connectivity index (χ1n) is 6.83. The van der Waals surface area contributed by atoms with Gasteiger partial charge in [-0.05, 0) is 31.0 Å². The quantitative estimate of drug-likeness (QED) is 0.801. The van der Waals surface area contributed by atoms with E-state index in [-0.39, 0.29) is 23.1 Å². The van der Waals surface area contributed by atoms with Gasteiger partial charge in [0.05, 0.1) is 11.3 Å². The van der Waals surface area contributed by atoms with Crippen molar-refractivity contribution in [3.63, 3.8) is 0 Å². The first-order valence-corrected chi connectivity index (χ1v) is 6.83. The van der Waals surface area contributed by atoms with Gasteiger partial charge < -0.3 is 10.4 Å². The number of benzene rings is 1. The van der Waals surface area contributed by atoms with Gasteiger partial charge in [-0.25, -0.2) is 9.18 Å². The number of hydrogen-bond donors (Lipinski definition) is 2. The lowest BCUT2D eigenvalue weighted by Crippen LogP contribution is -2.23. The number of amides is 1. The van der Waals surface area contributed by atoms with E-state index in [1.807, 2.05) is 6.92 Å². The van der Waals surface area contributed by atoms with Gasteiger partial charge in [-0.3, -0.25) is 4.79 Å². The Morgan fingerprint density at radius 1 is 1.35 bits per heavy atom. The van der Waals surface area contributed by atoms with Crippen LogP contribution >= 0.6 is 0 Å². The zero-order valence-corrected chi connectivity index (χ0v) is 11.8. The second-order valence-corrected chi connectivity index (χ2v) is 4.74. The number of carboxylic acids is 1. The van der Waals surface area contributed by atoms with Crippen molar-refractivity contribution in [2.45, 2.75) is 39.5 Å². The van der Waals surface area contributed by atoms with Gasteiger partial charge >= 0.3 is 5.97 Å². The fourth-order valence-corrected chi connectivity index (χ4v) is 1.96. The summed E-state index contributed by atoms with van der Waals surface area (Å²) in [6.07, 6.45) is 3.42. The molecule has 110 valence electrons. The van der Waals surface area contributed by atoms with Crippen molar-refractivity contribution < 1.29 is 19.1 Å². The molecule has 1 aromatic carbocycles. The van der Waals surface area contributed by atoms with Gasteiger partial charge in [0.25, 0.3) is 0 Å². The summed E-state index contributed by atoms with van der Waals surface area (Å²) in [6, 6.07) is 3.46. The Balaban J connectivity index is 2.76. The Bertz CT molecular complexity index is 488. The van der Waals surface area contributed by atoms with Crippen LogP contribution in [0, 0.1) is 11.7 Å². The highest BCUT2D eigenvalue weighted by molar-refractivity contribution is 5.93. The van der Waals surface area contributed by atoms with Gasteiger partial charge in [-0.2, -0.15) is 0 Å². The lowest BCUT2D eigenvalue weighted by Gasteiger charge is -2.15. The molecule has 1 rings (SSSR count). The Kier molecular flexibility index (Phi) is 6.15. The maximum absolute atomic E-state index is 13.7. The van der Waals surface area contributed by atoms with Gasteiger partial charge in [0, 0.05) is 5.92 Å². The van der Waals surface area contributed by atoms with Gasteiger partial charge in [0.1, 0.15) is 5.82 Å². The second-order valence-electron chi connectivity index (χ2n) is 4.74. The van der Waals surface area contributed by atoms with Gasteiger partial charge in [0.2, 0.25) is 5.91 Å². The minimum atomic E-state index is -1.20. The third kappa shape index (κ3) is 4.33. The Morgan fingerprint density at radius 3 is 2.55 bits per heavy atom. The van der Waals surface area contributed by atoms with E-state index >= 15 is 0 Å². The Morgan fingerprint density at radius 2 is 2.05 bits per heavy atom. The van der Waals surface area contributed by atoms with Gasteiger partial charge in [-0.1, -0.05) is 26.7 Å². The average Bonchev–Trinajstić information content (AvgIpc) is 2.41. The summed E-state index contributed by atoms with van der Waals surface area (Å²) in [6.45, 7) is 3.97. The fraction of sp³-hybridized carbons (Fsp3) is 0.467. The van der Waals surface area contributed by atoms with Crippen molar-refractivity contribution in [1.29, 1.82) is 0 Å². The molecular formula is C15H20FNO3. The molecule has 20 heavy (non-hydrogen) atoms. The third-order valence-electron chi connectivity index (χ3n) is 3.24. The molecule has 0 aliphatic carbocycles. The number of carbonyl (C=O) groups is 2. The molecule has 0 aromatic heterocycles. The summed E-state index contributed by atoms with van der Waals surface area (Å²) in [5.74, 6) is -2.30. The third-order valence-corrected chi connectivity index (χ3v) is 3.24. The molecule has 0 saturated carbocycles. The van der Waals surface area contributed by atoms with Crippen molar-refractivity contribution in [2.75, 3.05) is 5.32 Å². The van der Waals surface area contributed by atoms with E-state index in [1.54, 1.807) is 0 Å². The summed E-state index contributed by atoms with van der Waals surface area (Å²) in [4.78, 5) is 22.7. The summed E-state index contributed by atoms with van der Waals surface area (Å²) in [7, 11) is 0. The van der Waals surface area contributed by atoms with E-state index in [4.69, 9.17) is 5.11 Å². The molecular weight excluding hydrogens is 261 g/mol. The molecule has 1 atom stereocenters. The zero-order valence-electron chi connectivity index (χ0n) is 11.8. The first kappa shape index (κ1) is 16.1. The Labute approximate surface area is 118 Å². The Hall–Kier alpha value is -1.91. The molecule has 0 saturated heterocycles. The molecule has 1 amide bonds. The van der Waals surface area contributed by atoms with Crippen LogP contribution in [0.25, 0.3) is 0 Å². The van der Waals surface area contributed by atoms with Crippen LogP contribution in [0.1, 0.15) is 49.9 Å². The van der Waals surface area contributed by atoms with E-state index in [2.05, 4.69) is 12.2 Å². The first-order chi connectivity index (χ1) is 9.49. The minimum absolute atomic E-state index is 0.0231. The molecule has 1 unspecified atom stereocenters. The number of anilines is 1. The van der Waals surface area contributed by atoms with E-state index in [0.717, 1.165) is 25.3 Å². The largest absolute Gasteiger partial charge is 0.478 e. The molecule has 0 aliphatic heterocycles. The lowest BCUT2D eigenvalue weighted by atomic mass is 9.98. The van der Waals surface area contributed by atoms with Gasteiger partial charge in [-0.15, -0.1) is 0 Å². The number of carbonyl (C=O) groups excluding carboxylic acids is 1. The molecule has 4 nitrogen and oxygen atoms in total. The number of halogens is 1. The summed E-state index contributed by atoms with van der Waals surface area (Å²) >= 11 is 0. The number of aromatic carboxylic acids is 1. The van der Waals surface area contributed by atoms with E-state index in [9.17, 15) is 14.0 Å². The van der Waals surface area contributed by atoms with Crippen molar-refractivity contribution in [3.8, 4) is 0 Å². The topological polar surface area (TPSA) is 66.4 Å². The van der Waals surface area contributed by atoms with Crippen LogP contribution in [-0.2, 0) is 4.79 Å². The second kappa shape index (κ2) is 7.62. The predicted molar refractivity (Wildman–Crippen MR) is 75.3 cm³/mol. The van der Waals surface area contributed by atoms with Crippen LogP contribution in [0.2, 0.25) is 0 Å². The standard InChI is InChI=1S/C15H20FNO3/c1-3-5-6-10(4-2)14(18)17-13-8-7-11(15(19)20)9-12(13)16/h7-10H,3-6H2,1-2H3,(H,17,18)(H,19,20). The number of rotatable bonds is 7. The maximum atomic E-state index is 13.7. The van der Waals surface area contributed by atoms with Crippen LogP contribution in [-0.4, -0.2) is 17.0 Å². The van der Waals surface area contributed by atoms with Crippen LogP contribution in [0.4, 0.5) is 10.1 Å². The molecule has 0 heterocycles. The molecule has 0 spiro atoms. The van der Waals surface area contributed by atoms with Crippen molar-refractivity contribution in [1.82, 2.24) is 0 Å². The zero-order chi connectivity index (χ0) is 15.1. The molecule has 5 heteroatoms. The summed E-state index contributed by atoms with van der Waals surface area (Å²) in [5.41, 5.74) is -0.117. The van der Waals surface area contributed by atoms with Crippen LogP contribution < -0.4 is 5.32 Å². The molecule has 0 radical (unpaired) electrons. The van der Waals surface area contributed by atoms with Crippen molar-refractivity contribution >= 4 is 17.6 Å². The molecule has 1 aromatic rings. The van der Waals surface area contributed by atoms with E-state index in [1.165, 1.54) is 12.1 Å². The normalized spacial score (nSPS) is 11.9. The number of unbranched alkanes of at least 4 members (excludes halogenated alkanes) is 1. The molecule has 0 bridgehead atoms. The van der Waals surface area contributed by atoms with Gasteiger partial charge in [0.15, 0.2) is 0 Å². The molecule has 2 N–H and O–H groups in total. The van der Waals surface area contributed by atoms with Crippen molar-refractivity contribution in [2.24, 2.45) is 5.92 Å². The fourth-order valence-electron chi connectivity index (χ4n) is 1.96.